The molecule has 2 rings (SSSR count). The van der Waals surface area contributed by atoms with Crippen molar-refractivity contribution >= 4 is 35.0 Å². The largest absolute Gasteiger partial charge is 0.301 e. The lowest BCUT2D eigenvalue weighted by Crippen LogP contribution is -2.17. The Morgan fingerprint density at radius 2 is 2.04 bits per heavy atom. The third-order valence-corrected chi connectivity index (χ3v) is 3.67. The lowest BCUT2D eigenvalue weighted by atomic mass is 10.2. The molecule has 0 fully saturated rings. The Balaban J connectivity index is 2.30. The number of nitro benzene ring substituents is 2. The molecular weight excluding hydrogens is 352 g/mol. The molecule has 1 aromatic carbocycles. The van der Waals surface area contributed by atoms with E-state index < -0.39 is 26.8 Å². The second-order valence-corrected chi connectivity index (χ2v) is 5.45. The van der Waals surface area contributed by atoms with Crippen LogP contribution in [0.1, 0.15) is 11.3 Å². The van der Waals surface area contributed by atoms with Crippen molar-refractivity contribution in [1.29, 1.82) is 0 Å². The molecule has 0 aliphatic rings. The number of nitrogens with zero attached hydrogens (tertiary/aromatic N) is 4. The van der Waals surface area contributed by atoms with Crippen LogP contribution in [0.25, 0.3) is 0 Å². The summed E-state index contributed by atoms with van der Waals surface area (Å²) in [7, 11) is 0. The highest BCUT2D eigenvalue weighted by Gasteiger charge is 2.19. The molecule has 1 heterocycles. The van der Waals surface area contributed by atoms with E-state index in [9.17, 15) is 25.0 Å². The first-order valence-corrected chi connectivity index (χ1v) is 7.92. The highest BCUT2D eigenvalue weighted by molar-refractivity contribution is 7.98. The number of aromatic nitrogens is 2. The molecule has 0 spiro atoms. The number of nitro groups is 2. The summed E-state index contributed by atoms with van der Waals surface area (Å²) >= 11 is 1.28. The van der Waals surface area contributed by atoms with E-state index in [1.165, 1.54) is 24.0 Å². The predicted molar refractivity (Wildman–Crippen MR) is 92.3 cm³/mol. The van der Waals surface area contributed by atoms with E-state index in [4.69, 9.17) is 0 Å². The second-order valence-electron chi connectivity index (χ2n) is 4.66. The summed E-state index contributed by atoms with van der Waals surface area (Å²) in [6.45, 7) is 1.63. The molecule has 130 valence electrons. The topological polar surface area (TPSA) is 156 Å². The molecule has 0 bridgehead atoms. The lowest BCUT2D eigenvalue weighted by molar-refractivity contribution is -0.393. The van der Waals surface area contributed by atoms with Crippen molar-refractivity contribution in [3.8, 4) is 0 Å². The van der Waals surface area contributed by atoms with Crippen LogP contribution in [0.4, 0.5) is 17.1 Å². The highest BCUT2D eigenvalue weighted by atomic mass is 32.2. The smallest absolute Gasteiger partial charge is 0.301 e. The van der Waals surface area contributed by atoms with E-state index in [2.05, 4.69) is 20.5 Å². The van der Waals surface area contributed by atoms with Gasteiger partial charge in [-0.05, 0) is 19.2 Å². The van der Waals surface area contributed by atoms with E-state index in [0.717, 1.165) is 12.1 Å². The van der Waals surface area contributed by atoms with Gasteiger partial charge in [0.15, 0.2) is 5.16 Å². The summed E-state index contributed by atoms with van der Waals surface area (Å²) in [5.41, 5.74) is 1.68. The van der Waals surface area contributed by atoms with Crippen molar-refractivity contribution in [2.24, 2.45) is 5.10 Å². The van der Waals surface area contributed by atoms with E-state index in [-0.39, 0.29) is 11.3 Å². The fraction of sp³-hybridized carbons (Fsp3) is 0.154. The van der Waals surface area contributed by atoms with Gasteiger partial charge in [0.1, 0.15) is 5.69 Å². The van der Waals surface area contributed by atoms with Gasteiger partial charge in [0.25, 0.3) is 11.2 Å². The Morgan fingerprint density at radius 3 is 2.60 bits per heavy atom. The minimum absolute atomic E-state index is 0.0466. The standard InChI is InChI=1S/C13H12N6O5S/c1-7-9(12(20)16-13(15-7)25-2)6-14-17-10-4-3-8(18(21)22)5-11(10)19(23)24/h3-6,17H,1-2H3,(H,15,16,20)/b14-6-. The minimum Gasteiger partial charge on any atom is -0.301 e. The zero-order chi connectivity index (χ0) is 18.6. The number of aromatic amines is 1. The van der Waals surface area contributed by atoms with Crippen LogP contribution in [0, 0.1) is 27.2 Å². The summed E-state index contributed by atoms with van der Waals surface area (Å²) < 4.78 is 0. The van der Waals surface area contributed by atoms with Gasteiger partial charge in [-0.1, -0.05) is 11.8 Å². The first kappa shape index (κ1) is 18.1. The van der Waals surface area contributed by atoms with Gasteiger partial charge in [-0.25, -0.2) is 4.98 Å². The summed E-state index contributed by atoms with van der Waals surface area (Å²) in [6, 6.07) is 3.10. The summed E-state index contributed by atoms with van der Waals surface area (Å²) in [5, 5.41) is 26.0. The molecule has 0 unspecified atom stereocenters. The number of H-pyrrole nitrogens is 1. The Morgan fingerprint density at radius 1 is 1.32 bits per heavy atom. The van der Waals surface area contributed by atoms with Crippen molar-refractivity contribution in [3.05, 3.63) is 60.0 Å². The molecule has 0 radical (unpaired) electrons. The molecular formula is C13H12N6O5S. The number of thioether (sulfide) groups is 1. The van der Waals surface area contributed by atoms with Crippen LogP contribution in [0.2, 0.25) is 0 Å². The third-order valence-electron chi connectivity index (χ3n) is 3.08. The number of anilines is 1. The van der Waals surface area contributed by atoms with Crippen LogP contribution in [0.15, 0.2) is 33.3 Å². The predicted octanol–water partition coefficient (Wildman–Crippen LogP) is 2.06. The molecule has 2 N–H and O–H groups in total. The van der Waals surface area contributed by atoms with Crippen LogP contribution in [-0.4, -0.2) is 32.3 Å². The van der Waals surface area contributed by atoms with Crippen molar-refractivity contribution < 1.29 is 9.85 Å². The summed E-state index contributed by atoms with van der Waals surface area (Å²) in [5.74, 6) is 0. The van der Waals surface area contributed by atoms with Crippen molar-refractivity contribution in [1.82, 2.24) is 9.97 Å². The van der Waals surface area contributed by atoms with Crippen LogP contribution in [0.3, 0.4) is 0 Å². The number of hydrogen-bond acceptors (Lipinski definition) is 9. The van der Waals surface area contributed by atoms with Crippen LogP contribution >= 0.6 is 11.8 Å². The lowest BCUT2D eigenvalue weighted by Gasteiger charge is -2.03. The number of hydrazone groups is 1. The fourth-order valence-electron chi connectivity index (χ4n) is 1.86. The molecule has 12 heteroatoms. The minimum atomic E-state index is -0.766. The second kappa shape index (κ2) is 7.53. The van der Waals surface area contributed by atoms with Crippen LogP contribution in [0.5, 0.6) is 0 Å². The molecule has 0 saturated carbocycles. The van der Waals surface area contributed by atoms with E-state index in [1.807, 2.05) is 0 Å². The summed E-state index contributed by atoms with van der Waals surface area (Å²) in [6.07, 6.45) is 2.94. The molecule has 25 heavy (non-hydrogen) atoms. The van der Waals surface area contributed by atoms with E-state index in [0.29, 0.717) is 10.9 Å². The number of aryl methyl sites for hydroxylation is 1. The molecule has 0 atom stereocenters. The van der Waals surface area contributed by atoms with Gasteiger partial charge in [-0.15, -0.1) is 0 Å². The number of non-ortho nitro benzene ring substituents is 1. The molecule has 2 aromatic rings. The quantitative estimate of drug-likeness (QED) is 0.259. The molecule has 1 aromatic heterocycles. The van der Waals surface area contributed by atoms with Crippen molar-refractivity contribution in [2.45, 2.75) is 12.1 Å². The summed E-state index contributed by atoms with van der Waals surface area (Å²) in [4.78, 5) is 38.9. The Labute approximate surface area is 144 Å². The number of nitrogens with one attached hydrogen (secondary N) is 2. The van der Waals surface area contributed by atoms with Gasteiger partial charge >= 0.3 is 5.69 Å². The number of rotatable bonds is 6. The normalized spacial score (nSPS) is 10.8. The molecule has 11 nitrogen and oxygen atoms in total. The fourth-order valence-corrected chi connectivity index (χ4v) is 2.29. The van der Waals surface area contributed by atoms with Crippen molar-refractivity contribution in [3.63, 3.8) is 0 Å². The maximum atomic E-state index is 11.9. The Bertz CT molecular complexity index is 926. The molecule has 0 aliphatic heterocycles. The van der Waals surface area contributed by atoms with Gasteiger partial charge in [-0.2, -0.15) is 5.10 Å². The average molecular weight is 364 g/mol. The monoisotopic (exact) mass is 364 g/mol. The van der Waals surface area contributed by atoms with Crippen molar-refractivity contribution in [2.75, 3.05) is 11.7 Å². The van der Waals surface area contributed by atoms with Gasteiger partial charge in [-0.3, -0.25) is 30.4 Å². The third kappa shape index (κ3) is 4.17. The van der Waals surface area contributed by atoms with E-state index in [1.54, 1.807) is 13.2 Å². The maximum absolute atomic E-state index is 11.9. The van der Waals surface area contributed by atoms with E-state index >= 15 is 0 Å². The number of benzene rings is 1. The van der Waals surface area contributed by atoms with Gasteiger partial charge in [0.2, 0.25) is 0 Å². The number of hydrogen-bond donors (Lipinski definition) is 2. The molecule has 0 saturated heterocycles. The highest BCUT2D eigenvalue weighted by Crippen LogP contribution is 2.28. The average Bonchev–Trinajstić information content (AvgIpc) is 2.56. The Hall–Kier alpha value is -3.28. The zero-order valence-electron chi connectivity index (χ0n) is 13.0. The van der Waals surface area contributed by atoms with Crippen LogP contribution < -0.4 is 11.0 Å². The van der Waals surface area contributed by atoms with Gasteiger partial charge in [0.05, 0.1) is 33.4 Å². The molecule has 0 aliphatic carbocycles. The van der Waals surface area contributed by atoms with Gasteiger partial charge < -0.3 is 4.98 Å². The first-order chi connectivity index (χ1) is 11.8. The van der Waals surface area contributed by atoms with Gasteiger partial charge in [0, 0.05) is 6.07 Å². The zero-order valence-corrected chi connectivity index (χ0v) is 13.9. The SMILES string of the molecule is CSc1nc(C)c(/C=N\Nc2ccc([N+](=O)[O-])cc2[N+](=O)[O-])c(=O)[nH]1. The maximum Gasteiger partial charge on any atom is 0.301 e. The molecule has 0 amide bonds. The Kier molecular flexibility index (Phi) is 5.44. The van der Waals surface area contributed by atoms with Crippen LogP contribution in [-0.2, 0) is 0 Å². The first-order valence-electron chi connectivity index (χ1n) is 6.70.